The smallest absolute Gasteiger partial charge is 0.347 e. The van der Waals surface area contributed by atoms with Gasteiger partial charge in [-0.15, -0.1) is 0 Å². The Morgan fingerprint density at radius 2 is 1.52 bits per heavy atom. The lowest BCUT2D eigenvalue weighted by Gasteiger charge is -2.10. The Balaban J connectivity index is 1.69. The minimum absolute atomic E-state index is 0.0611. The third-order valence-electron chi connectivity index (χ3n) is 4.40. The molecular formula is C24H20O8S. The predicted octanol–water partition coefficient (Wildman–Crippen LogP) is 3.94. The zero-order valence-electron chi connectivity index (χ0n) is 17.8. The van der Waals surface area contributed by atoms with E-state index in [1.54, 1.807) is 24.3 Å². The molecule has 0 spiro atoms. The van der Waals surface area contributed by atoms with Crippen LogP contribution < -0.4 is 9.47 Å². The monoisotopic (exact) mass is 468 g/mol. The lowest BCUT2D eigenvalue weighted by molar-refractivity contribution is -0.131. The van der Waals surface area contributed by atoms with E-state index in [1.807, 2.05) is 0 Å². The molecule has 8 nitrogen and oxygen atoms in total. The van der Waals surface area contributed by atoms with Crippen molar-refractivity contribution in [3.05, 3.63) is 89.5 Å². The average Bonchev–Trinajstić information content (AvgIpc) is 2.78. The minimum Gasteiger partial charge on any atom is -0.426 e. The van der Waals surface area contributed by atoms with Crippen molar-refractivity contribution in [1.29, 1.82) is 0 Å². The quantitative estimate of drug-likeness (QED) is 0.211. The Morgan fingerprint density at radius 1 is 0.818 bits per heavy atom. The zero-order valence-corrected chi connectivity index (χ0v) is 18.6. The van der Waals surface area contributed by atoms with Crippen molar-refractivity contribution < 1.29 is 36.5 Å². The number of Topliss-reactive ketones (excluding diaryl/α,β-unsaturated/α-hetero) is 1. The second-order valence-corrected chi connectivity index (χ2v) is 8.54. The Kier molecular flexibility index (Phi) is 7.37. The molecule has 0 aromatic heterocycles. The first kappa shape index (κ1) is 23.8. The Morgan fingerprint density at radius 3 is 2.18 bits per heavy atom. The van der Waals surface area contributed by atoms with Gasteiger partial charge in [0.05, 0.1) is 11.5 Å². The van der Waals surface area contributed by atoms with Gasteiger partial charge in [0.15, 0.2) is 5.78 Å². The highest BCUT2D eigenvalue weighted by molar-refractivity contribution is 7.86. The van der Waals surface area contributed by atoms with Crippen LogP contribution in [-0.4, -0.2) is 26.1 Å². The Bertz CT molecular complexity index is 1290. The van der Waals surface area contributed by atoms with Crippen LogP contribution in [0.4, 0.5) is 0 Å². The van der Waals surface area contributed by atoms with E-state index in [4.69, 9.17) is 13.7 Å². The average molecular weight is 468 g/mol. The molecule has 0 bridgehead atoms. The van der Waals surface area contributed by atoms with E-state index >= 15 is 0 Å². The number of benzene rings is 3. The molecule has 0 amide bonds. The number of esters is 2. The van der Waals surface area contributed by atoms with Crippen LogP contribution in [0.1, 0.15) is 40.1 Å². The number of hydrogen-bond acceptors (Lipinski definition) is 8. The van der Waals surface area contributed by atoms with E-state index in [1.165, 1.54) is 62.4 Å². The summed E-state index contributed by atoms with van der Waals surface area (Å²) in [5.74, 6) is -1.28. The summed E-state index contributed by atoms with van der Waals surface area (Å²) in [7, 11) is -4.06. The van der Waals surface area contributed by atoms with E-state index in [-0.39, 0.29) is 34.3 Å². The van der Waals surface area contributed by atoms with Crippen LogP contribution in [0.5, 0.6) is 11.5 Å². The molecule has 0 saturated carbocycles. The maximum absolute atomic E-state index is 12.5. The molecule has 0 aliphatic rings. The molecule has 0 radical (unpaired) electrons. The van der Waals surface area contributed by atoms with Crippen LogP contribution in [0, 0.1) is 0 Å². The molecule has 0 unspecified atom stereocenters. The van der Waals surface area contributed by atoms with Gasteiger partial charge < -0.3 is 9.47 Å². The summed E-state index contributed by atoms with van der Waals surface area (Å²) in [4.78, 5) is 35.0. The van der Waals surface area contributed by atoms with Crippen molar-refractivity contribution >= 4 is 27.8 Å². The number of ether oxygens (including phenoxy) is 2. The molecule has 3 aromatic carbocycles. The van der Waals surface area contributed by atoms with Crippen molar-refractivity contribution in [2.75, 3.05) is 0 Å². The summed E-state index contributed by atoms with van der Waals surface area (Å²) in [6, 6.07) is 17.7. The fraction of sp³-hybridized carbons (Fsp3) is 0.125. The van der Waals surface area contributed by atoms with Crippen LogP contribution in [0.3, 0.4) is 0 Å². The van der Waals surface area contributed by atoms with Crippen molar-refractivity contribution in [3.63, 3.8) is 0 Å². The number of carbonyl (C=O) groups excluding carboxylic acids is 3. The minimum atomic E-state index is -4.06. The zero-order chi connectivity index (χ0) is 24.0. The van der Waals surface area contributed by atoms with Gasteiger partial charge in [-0.3, -0.25) is 13.8 Å². The second kappa shape index (κ2) is 10.2. The van der Waals surface area contributed by atoms with Gasteiger partial charge in [0, 0.05) is 12.5 Å². The van der Waals surface area contributed by atoms with E-state index in [9.17, 15) is 22.8 Å². The number of hydrogen-bond donors (Lipinski definition) is 0. The van der Waals surface area contributed by atoms with E-state index < -0.39 is 22.1 Å². The molecule has 3 rings (SSSR count). The van der Waals surface area contributed by atoms with E-state index in [2.05, 4.69) is 0 Å². The van der Waals surface area contributed by atoms with Gasteiger partial charge in [-0.2, -0.15) is 8.42 Å². The maximum atomic E-state index is 12.5. The molecule has 0 heterocycles. The molecule has 0 aliphatic heterocycles. The van der Waals surface area contributed by atoms with Crippen LogP contribution in [0.15, 0.2) is 77.7 Å². The Hall–Kier alpha value is -3.82. The fourth-order valence-corrected chi connectivity index (χ4v) is 3.71. The predicted molar refractivity (Wildman–Crippen MR) is 118 cm³/mol. The first-order valence-corrected chi connectivity index (χ1v) is 11.2. The molecular weight excluding hydrogens is 448 g/mol. The normalized spacial score (nSPS) is 11.0. The molecule has 3 aromatic rings. The van der Waals surface area contributed by atoms with E-state index in [0.29, 0.717) is 11.1 Å². The van der Waals surface area contributed by atoms with Crippen LogP contribution >= 0.6 is 0 Å². The summed E-state index contributed by atoms with van der Waals surface area (Å²) < 4.78 is 40.3. The van der Waals surface area contributed by atoms with Crippen molar-refractivity contribution in [3.8, 4) is 11.5 Å². The molecule has 0 fully saturated rings. The molecule has 0 atom stereocenters. The lowest BCUT2D eigenvalue weighted by Crippen LogP contribution is -2.12. The highest BCUT2D eigenvalue weighted by Gasteiger charge is 2.18. The van der Waals surface area contributed by atoms with Gasteiger partial charge in [0.2, 0.25) is 0 Å². The Labute approximate surface area is 190 Å². The highest BCUT2D eigenvalue weighted by atomic mass is 32.2. The highest BCUT2D eigenvalue weighted by Crippen LogP contribution is 2.23. The van der Waals surface area contributed by atoms with Gasteiger partial charge in [0.25, 0.3) is 10.1 Å². The van der Waals surface area contributed by atoms with Crippen LogP contribution in [0.25, 0.3) is 0 Å². The first-order chi connectivity index (χ1) is 15.7. The van der Waals surface area contributed by atoms with Gasteiger partial charge >= 0.3 is 11.9 Å². The molecule has 0 aliphatic carbocycles. The molecule has 9 heteroatoms. The summed E-state index contributed by atoms with van der Waals surface area (Å²) in [5, 5.41) is 0. The standard InChI is InChI=1S/C24H20O8S/c1-16(25)19-10-12-21(13-11-19)33(28,29)30-15-18-6-5-7-20(14-18)32-24(27)22-8-3-4-9-23(22)31-17(2)26/h3-14H,15H2,1-2H3. The largest absolute Gasteiger partial charge is 0.426 e. The van der Waals surface area contributed by atoms with Crippen molar-refractivity contribution in [2.24, 2.45) is 0 Å². The topological polar surface area (TPSA) is 113 Å². The third kappa shape index (κ3) is 6.34. The molecule has 0 saturated heterocycles. The maximum Gasteiger partial charge on any atom is 0.347 e. The van der Waals surface area contributed by atoms with Crippen LogP contribution in [0.2, 0.25) is 0 Å². The summed E-state index contributed by atoms with van der Waals surface area (Å²) >= 11 is 0. The van der Waals surface area contributed by atoms with E-state index in [0.717, 1.165) is 0 Å². The molecule has 0 N–H and O–H groups in total. The van der Waals surface area contributed by atoms with Crippen molar-refractivity contribution in [1.82, 2.24) is 0 Å². The lowest BCUT2D eigenvalue weighted by atomic mass is 10.2. The van der Waals surface area contributed by atoms with Crippen LogP contribution in [-0.2, 0) is 25.7 Å². The SMILES string of the molecule is CC(=O)Oc1ccccc1C(=O)Oc1cccc(COS(=O)(=O)c2ccc(C(C)=O)cc2)c1. The summed E-state index contributed by atoms with van der Waals surface area (Å²) in [5.41, 5.74) is 0.891. The molecule has 33 heavy (non-hydrogen) atoms. The number of rotatable bonds is 8. The summed E-state index contributed by atoms with van der Waals surface area (Å²) in [6.07, 6.45) is 0. The third-order valence-corrected chi connectivity index (χ3v) is 5.68. The van der Waals surface area contributed by atoms with Gasteiger partial charge in [-0.05, 0) is 48.9 Å². The fourth-order valence-electron chi connectivity index (χ4n) is 2.81. The second-order valence-electron chi connectivity index (χ2n) is 6.92. The van der Waals surface area contributed by atoms with Crippen molar-refractivity contribution in [2.45, 2.75) is 25.3 Å². The first-order valence-electron chi connectivity index (χ1n) is 9.75. The number of carbonyl (C=O) groups is 3. The number of ketones is 1. The van der Waals surface area contributed by atoms with Gasteiger partial charge in [0.1, 0.15) is 17.1 Å². The number of para-hydroxylation sites is 1. The summed E-state index contributed by atoms with van der Waals surface area (Å²) in [6.45, 7) is 2.30. The van der Waals surface area contributed by atoms with Gasteiger partial charge in [-0.1, -0.05) is 36.4 Å². The molecule has 170 valence electrons. The van der Waals surface area contributed by atoms with Gasteiger partial charge in [-0.25, -0.2) is 4.79 Å².